The zero-order chi connectivity index (χ0) is 15.1. The van der Waals surface area contributed by atoms with Crippen molar-refractivity contribution in [3.05, 3.63) is 0 Å². The lowest BCUT2D eigenvalue weighted by Crippen LogP contribution is -3.00. The van der Waals surface area contributed by atoms with E-state index in [-0.39, 0.29) is 49.3 Å². The summed E-state index contributed by atoms with van der Waals surface area (Å²) in [5, 5.41) is 38.9. The first-order chi connectivity index (χ1) is 7.78. The molecular weight excluding hydrogens is 400 g/mol. The van der Waals surface area contributed by atoms with Crippen LogP contribution in [0.15, 0.2) is 0 Å². The van der Waals surface area contributed by atoms with Gasteiger partial charge in [-0.3, -0.25) is 8.42 Å². The van der Waals surface area contributed by atoms with Crippen LogP contribution >= 0.6 is 0 Å². The number of carbonyl (C=O) groups is 3. The number of halogens is 1. The number of quaternary nitrogens is 6. The molecule has 0 aliphatic heterocycles. The van der Waals surface area contributed by atoms with E-state index in [1.807, 2.05) is 0 Å². The summed E-state index contributed by atoms with van der Waals surface area (Å²) in [4.78, 5) is 30.0. The van der Waals surface area contributed by atoms with Crippen LogP contribution in [0.1, 0.15) is 12.8 Å². The fraction of sp³-hybridized carbons (Fsp3) is 0.500. The maximum Gasteiger partial charge on any atom is 0.114 e. The molecule has 0 atom stereocenters. The van der Waals surface area contributed by atoms with Gasteiger partial charge in [0.05, 0.1) is 5.97 Å². The lowest BCUT2D eigenvalue weighted by Gasteiger charge is -2.29. The Morgan fingerprint density at radius 3 is 1.00 bits per heavy atom. The van der Waals surface area contributed by atoms with Gasteiger partial charge in [-0.05, 0) is 0 Å². The van der Waals surface area contributed by atoms with Crippen LogP contribution in [0.2, 0.25) is 0 Å². The van der Waals surface area contributed by atoms with Crippen LogP contribution in [0.25, 0.3) is 0 Å². The van der Waals surface area contributed by atoms with Crippen LogP contribution in [-0.4, -0.2) is 46.1 Å². The topological polar surface area (TPSA) is 440 Å². The molecule has 0 radical (unpaired) electrons. The van der Waals surface area contributed by atoms with Crippen molar-refractivity contribution in [3.63, 3.8) is 0 Å². The summed E-state index contributed by atoms with van der Waals surface area (Å²) in [6.45, 7) is 0. The van der Waals surface area contributed by atoms with Crippen molar-refractivity contribution in [2.45, 2.75) is 18.4 Å². The van der Waals surface area contributed by atoms with Gasteiger partial charge < -0.3 is 93.2 Å². The zero-order valence-electron chi connectivity index (χ0n) is 14.7. The molecule has 0 bridgehead atoms. The molecule has 0 fully saturated rings. The molecule has 0 aliphatic carbocycles. The molecule has 0 aromatic rings. The van der Waals surface area contributed by atoms with Gasteiger partial charge in [0.2, 0.25) is 0 Å². The first kappa shape index (κ1) is 56.7. The van der Waals surface area contributed by atoms with Crippen LogP contribution in [0.5, 0.6) is 0 Å². The maximum atomic E-state index is 10.1. The number of rotatable bonds is 5. The minimum absolute atomic E-state index is 0. The normalized spacial score (nSPS) is 7.96. The van der Waals surface area contributed by atoms with Crippen molar-refractivity contribution in [2.75, 3.05) is 0 Å². The average Bonchev–Trinajstić information content (AvgIpc) is 1.95. The second-order valence-corrected chi connectivity index (χ2v) is 3.64. The van der Waals surface area contributed by atoms with E-state index in [9.17, 15) is 29.7 Å². The second kappa shape index (κ2) is 22.3. The van der Waals surface area contributed by atoms with Crippen LogP contribution in [0.4, 0.5) is 0 Å². The molecule has 0 amide bonds. The number of hydrogen-bond acceptors (Lipinski definition) is 11. The summed E-state index contributed by atoms with van der Waals surface area (Å²) in [5.41, 5.74) is -2.97. The largest absolute Gasteiger partial charge is 1.00 e. The van der Waals surface area contributed by atoms with Crippen molar-refractivity contribution in [1.82, 2.24) is 36.9 Å². The van der Waals surface area contributed by atoms with E-state index >= 15 is 0 Å². The van der Waals surface area contributed by atoms with Crippen molar-refractivity contribution < 1.29 is 64.7 Å². The van der Waals surface area contributed by atoms with Gasteiger partial charge in [-0.2, -0.15) is 0 Å². The Labute approximate surface area is 149 Å². The molecule has 0 rings (SSSR count). The highest BCUT2D eigenvalue weighted by Crippen LogP contribution is 2.13. The first-order valence-electron chi connectivity index (χ1n) is 3.78. The van der Waals surface area contributed by atoms with E-state index in [0.29, 0.717) is 0 Å². The molecule has 0 saturated heterocycles. The zero-order valence-corrected chi connectivity index (χ0v) is 16.3. The molecule has 25 heavy (non-hydrogen) atoms. The number of hydrogen-bond donors (Lipinski definition) is 7. The lowest BCUT2D eigenvalue weighted by molar-refractivity contribution is -0.339. The van der Waals surface area contributed by atoms with Gasteiger partial charge in [0.1, 0.15) is 5.60 Å². The van der Waals surface area contributed by atoms with Gasteiger partial charge in [-0.25, -0.2) is 0 Å². The Morgan fingerprint density at radius 1 is 0.760 bits per heavy atom. The maximum absolute atomic E-state index is 10.1. The molecule has 162 valence electrons. The predicted molar refractivity (Wildman–Crippen MR) is 75.6 cm³/mol. The van der Waals surface area contributed by atoms with Crippen LogP contribution in [0, 0.1) is 0 Å². The molecule has 0 heterocycles. The third-order valence-corrected chi connectivity index (χ3v) is 1.25. The Bertz CT molecular complexity index is 422. The SMILES string of the molecule is O=C([O-])CC(O)(CC(=O)[O-])C(=O)[O-].O=S(=O)([O-])[O-].[Cl-].[NH4+].[NH4+].[NH4+].[NH4+].[NH4+].[NH4+]. The van der Waals surface area contributed by atoms with Gasteiger partial charge in [0.25, 0.3) is 0 Å². The highest BCUT2D eigenvalue weighted by atomic mass is 35.5. The van der Waals surface area contributed by atoms with E-state index in [0.717, 1.165) is 0 Å². The van der Waals surface area contributed by atoms with E-state index in [4.69, 9.17) is 22.6 Å². The highest BCUT2D eigenvalue weighted by Gasteiger charge is 2.29. The summed E-state index contributed by atoms with van der Waals surface area (Å²) < 4.78 is 34.1. The minimum atomic E-state index is -5.17. The molecule has 0 spiro atoms. The average molecular weight is 429 g/mol. The lowest BCUT2D eigenvalue weighted by atomic mass is 9.96. The van der Waals surface area contributed by atoms with Crippen molar-refractivity contribution in [1.29, 1.82) is 0 Å². The molecule has 0 aliphatic rings. The van der Waals surface area contributed by atoms with E-state index in [1.165, 1.54) is 0 Å². The van der Waals surface area contributed by atoms with Crippen LogP contribution in [-0.2, 0) is 24.8 Å². The minimum Gasteiger partial charge on any atom is -1.00 e. The fourth-order valence-corrected chi connectivity index (χ4v) is 0.684. The Morgan fingerprint density at radius 2 is 0.920 bits per heavy atom. The van der Waals surface area contributed by atoms with E-state index < -0.39 is 46.7 Å². The molecule has 19 heteroatoms. The fourth-order valence-electron chi connectivity index (χ4n) is 0.684. The summed E-state index contributed by atoms with van der Waals surface area (Å²) in [5.74, 6) is -5.98. The Hall–Kier alpha value is -1.71. The van der Waals surface area contributed by atoms with E-state index in [1.54, 1.807) is 0 Å². The Balaban J connectivity index is -0.0000000274. The van der Waals surface area contributed by atoms with Crippen molar-refractivity contribution in [2.24, 2.45) is 0 Å². The molecule has 0 unspecified atom stereocenters. The number of aliphatic hydroxyl groups is 1. The first-order valence-corrected chi connectivity index (χ1v) is 5.11. The second-order valence-electron chi connectivity index (χ2n) is 2.82. The molecule has 17 nitrogen and oxygen atoms in total. The number of carbonyl (C=O) groups excluding carboxylic acids is 3. The van der Waals surface area contributed by atoms with Gasteiger partial charge in [-0.15, -0.1) is 0 Å². The Kier molecular flexibility index (Phi) is 50.5. The van der Waals surface area contributed by atoms with Gasteiger partial charge in [0, 0.05) is 35.2 Å². The molecule has 0 aromatic carbocycles. The smallest absolute Gasteiger partial charge is 0.114 e. The third kappa shape index (κ3) is 44.9. The van der Waals surface area contributed by atoms with E-state index in [2.05, 4.69) is 0 Å². The van der Waals surface area contributed by atoms with Gasteiger partial charge in [0.15, 0.2) is 0 Å². The van der Waals surface area contributed by atoms with Crippen molar-refractivity contribution >= 4 is 28.3 Å². The number of carboxylic acid groups (broad SMARTS) is 3. The summed E-state index contributed by atoms with van der Waals surface area (Å²) in [6.07, 6.45) is -2.72. The van der Waals surface area contributed by atoms with Crippen LogP contribution in [0.3, 0.4) is 0 Å². The van der Waals surface area contributed by atoms with Crippen molar-refractivity contribution in [3.8, 4) is 0 Å². The summed E-state index contributed by atoms with van der Waals surface area (Å²) >= 11 is 0. The monoisotopic (exact) mass is 428 g/mol. The quantitative estimate of drug-likeness (QED) is 0.159. The number of carboxylic acids is 3. The molecule has 0 saturated carbocycles. The number of aliphatic carboxylic acids is 3. The predicted octanol–water partition coefficient (Wildman–Crippen LogP) is -7.33. The van der Waals surface area contributed by atoms with Gasteiger partial charge >= 0.3 is 0 Å². The standard InChI is InChI=1S/C6H8O7.ClH.6H3N.H2O4S/c7-3(8)1-6(13,5(11)12)2-4(9)10;;;;;;;;1-5(2,3)4/h13H,1-2H2,(H,7,8)(H,9,10)(H,11,12);1H;6*1H3;(H2,1,2,3,4). The third-order valence-electron chi connectivity index (χ3n) is 1.25. The summed E-state index contributed by atoms with van der Waals surface area (Å²) in [7, 11) is -5.17. The molecule has 25 N–H and O–H groups in total. The summed E-state index contributed by atoms with van der Waals surface area (Å²) in [6, 6.07) is 0. The molecule has 0 aromatic heterocycles. The highest BCUT2D eigenvalue weighted by molar-refractivity contribution is 7.79. The molecular formula is C6H29ClN6O11S. The van der Waals surface area contributed by atoms with Gasteiger partial charge in [-0.1, -0.05) is 0 Å². The van der Waals surface area contributed by atoms with Crippen LogP contribution < -0.4 is 64.6 Å².